The molecule has 0 aromatic carbocycles. The molecular formula is C13H21N3S2. The Kier molecular flexibility index (Phi) is 6.69. The second-order valence-electron chi connectivity index (χ2n) is 4.85. The van der Waals surface area contributed by atoms with Crippen LogP contribution in [0.4, 0.5) is 0 Å². The molecule has 0 amide bonds. The number of nitriles is 1. The minimum atomic E-state index is -0.389. The first-order valence-electron chi connectivity index (χ1n) is 6.27. The van der Waals surface area contributed by atoms with Gasteiger partial charge in [0.15, 0.2) is 0 Å². The van der Waals surface area contributed by atoms with E-state index in [-0.39, 0.29) is 5.54 Å². The van der Waals surface area contributed by atoms with Crippen LogP contribution in [0.1, 0.15) is 40.0 Å². The number of hydrogen-bond acceptors (Lipinski definition) is 5. The fourth-order valence-electron chi connectivity index (χ4n) is 1.82. The van der Waals surface area contributed by atoms with Crippen molar-refractivity contribution < 1.29 is 0 Å². The van der Waals surface area contributed by atoms with E-state index in [4.69, 9.17) is 0 Å². The predicted molar refractivity (Wildman–Crippen MR) is 79.0 cm³/mol. The maximum Gasteiger partial charge on any atom is 0.149 e. The van der Waals surface area contributed by atoms with Gasteiger partial charge in [-0.05, 0) is 40.0 Å². The van der Waals surface area contributed by atoms with E-state index in [1.807, 2.05) is 18.5 Å². The maximum absolute atomic E-state index is 9.21. The molecule has 18 heavy (non-hydrogen) atoms. The van der Waals surface area contributed by atoms with Crippen molar-refractivity contribution >= 4 is 23.1 Å². The van der Waals surface area contributed by atoms with Crippen molar-refractivity contribution in [2.45, 2.75) is 56.0 Å². The summed E-state index contributed by atoms with van der Waals surface area (Å²) >= 11 is 3.49. The van der Waals surface area contributed by atoms with Crippen molar-refractivity contribution in [3.8, 4) is 6.07 Å². The number of aromatic nitrogens is 1. The van der Waals surface area contributed by atoms with Gasteiger partial charge in [0.05, 0.1) is 6.07 Å². The lowest BCUT2D eigenvalue weighted by Crippen LogP contribution is -2.44. The number of thioether (sulfide) groups is 1. The predicted octanol–water partition coefficient (Wildman–Crippen LogP) is 3.69. The highest BCUT2D eigenvalue weighted by Crippen LogP contribution is 2.22. The molecule has 0 saturated carbocycles. The zero-order valence-corrected chi connectivity index (χ0v) is 12.9. The van der Waals surface area contributed by atoms with Crippen LogP contribution in [0.5, 0.6) is 0 Å². The number of unbranched alkanes of at least 4 members (excludes halogenated alkanes) is 1. The lowest BCUT2D eigenvalue weighted by molar-refractivity contribution is 0.372. The summed E-state index contributed by atoms with van der Waals surface area (Å²) < 4.78 is 1.14. The van der Waals surface area contributed by atoms with Crippen molar-refractivity contribution in [1.82, 2.24) is 10.3 Å². The Morgan fingerprint density at radius 2 is 2.33 bits per heavy atom. The Hall–Kier alpha value is -0.570. The highest BCUT2D eigenvalue weighted by atomic mass is 32.2. The normalized spacial score (nSPS) is 14.4. The lowest BCUT2D eigenvalue weighted by Gasteiger charge is -2.25. The minimum absolute atomic E-state index is 0.347. The summed E-state index contributed by atoms with van der Waals surface area (Å²) in [6.07, 6.45) is 4.94. The van der Waals surface area contributed by atoms with E-state index in [0.717, 1.165) is 29.4 Å². The average Bonchev–Trinajstić information content (AvgIpc) is 2.80. The maximum atomic E-state index is 9.21. The van der Waals surface area contributed by atoms with Crippen molar-refractivity contribution in [2.24, 2.45) is 0 Å². The second-order valence-corrected chi connectivity index (χ2v) is 7.08. The van der Waals surface area contributed by atoms with E-state index < -0.39 is 0 Å². The molecule has 3 nitrogen and oxygen atoms in total. The molecule has 0 aliphatic heterocycles. The first kappa shape index (κ1) is 15.5. The Balaban J connectivity index is 2.18. The Labute approximate surface area is 118 Å². The molecule has 1 rings (SSSR count). The standard InChI is InChI=1S/C13H21N3S2/c1-11(2)16-13(3,10-14)6-4-5-8-17-12-15-7-9-18-12/h7,9,11,16H,4-6,8H2,1-3H3. The average molecular weight is 283 g/mol. The molecule has 0 radical (unpaired) electrons. The van der Waals surface area contributed by atoms with Gasteiger partial charge in [-0.3, -0.25) is 5.32 Å². The Morgan fingerprint density at radius 1 is 1.56 bits per heavy atom. The fourth-order valence-corrected chi connectivity index (χ4v) is 3.53. The molecule has 1 aromatic heterocycles. The summed E-state index contributed by atoms with van der Waals surface area (Å²) in [5, 5.41) is 14.5. The quantitative estimate of drug-likeness (QED) is 0.584. The van der Waals surface area contributed by atoms with Gasteiger partial charge in [-0.2, -0.15) is 5.26 Å². The molecule has 1 aromatic rings. The Morgan fingerprint density at radius 3 is 2.89 bits per heavy atom. The van der Waals surface area contributed by atoms with Gasteiger partial charge in [0, 0.05) is 23.4 Å². The topological polar surface area (TPSA) is 48.7 Å². The van der Waals surface area contributed by atoms with Gasteiger partial charge in [0.1, 0.15) is 9.88 Å². The zero-order chi connectivity index (χ0) is 13.4. The number of rotatable bonds is 8. The van der Waals surface area contributed by atoms with Crippen LogP contribution >= 0.6 is 23.1 Å². The van der Waals surface area contributed by atoms with E-state index >= 15 is 0 Å². The number of thiazole rings is 1. The van der Waals surface area contributed by atoms with Gasteiger partial charge in [-0.15, -0.1) is 11.3 Å². The smallest absolute Gasteiger partial charge is 0.149 e. The summed E-state index contributed by atoms with van der Waals surface area (Å²) in [5.41, 5.74) is -0.389. The van der Waals surface area contributed by atoms with Crippen LogP contribution in [0.25, 0.3) is 0 Å². The molecule has 0 saturated heterocycles. The highest BCUT2D eigenvalue weighted by Gasteiger charge is 2.23. The number of nitrogens with one attached hydrogen (secondary N) is 1. The first-order valence-corrected chi connectivity index (χ1v) is 8.13. The molecule has 1 unspecified atom stereocenters. The van der Waals surface area contributed by atoms with Crippen LogP contribution in [0, 0.1) is 11.3 Å². The van der Waals surface area contributed by atoms with Crippen LogP contribution in [0.2, 0.25) is 0 Å². The third-order valence-electron chi connectivity index (χ3n) is 2.56. The summed E-state index contributed by atoms with van der Waals surface area (Å²) in [6.45, 7) is 6.14. The second kappa shape index (κ2) is 7.78. The SMILES string of the molecule is CC(C)NC(C)(C#N)CCCCSc1nccs1. The van der Waals surface area contributed by atoms with Crippen molar-refractivity contribution in [1.29, 1.82) is 5.26 Å². The molecule has 1 heterocycles. The molecule has 1 N–H and O–H groups in total. The molecule has 100 valence electrons. The van der Waals surface area contributed by atoms with Crippen LogP contribution in [0.15, 0.2) is 15.9 Å². The fraction of sp³-hybridized carbons (Fsp3) is 0.692. The molecule has 0 spiro atoms. The van der Waals surface area contributed by atoms with E-state index in [1.165, 1.54) is 0 Å². The van der Waals surface area contributed by atoms with Crippen LogP contribution in [0.3, 0.4) is 0 Å². The molecule has 0 bridgehead atoms. The molecule has 0 fully saturated rings. The largest absolute Gasteiger partial charge is 0.297 e. The Bertz CT molecular complexity index is 370. The van der Waals surface area contributed by atoms with Crippen LogP contribution < -0.4 is 5.32 Å². The van der Waals surface area contributed by atoms with E-state index in [2.05, 4.69) is 30.2 Å². The molecular weight excluding hydrogens is 262 g/mol. The van der Waals surface area contributed by atoms with Crippen LogP contribution in [-0.2, 0) is 0 Å². The summed E-state index contributed by atoms with van der Waals surface area (Å²) in [4.78, 5) is 4.23. The third kappa shape index (κ3) is 5.85. The number of nitrogens with zero attached hydrogens (tertiary/aromatic N) is 2. The molecule has 0 aliphatic carbocycles. The van der Waals surface area contributed by atoms with Gasteiger partial charge in [-0.25, -0.2) is 4.98 Å². The van der Waals surface area contributed by atoms with Crippen molar-refractivity contribution in [3.63, 3.8) is 0 Å². The number of hydrogen-bond donors (Lipinski definition) is 1. The minimum Gasteiger partial charge on any atom is -0.297 e. The van der Waals surface area contributed by atoms with Crippen molar-refractivity contribution in [3.05, 3.63) is 11.6 Å². The molecule has 1 atom stereocenters. The lowest BCUT2D eigenvalue weighted by atomic mass is 9.96. The van der Waals surface area contributed by atoms with Crippen molar-refractivity contribution in [2.75, 3.05) is 5.75 Å². The van der Waals surface area contributed by atoms with Gasteiger partial charge >= 0.3 is 0 Å². The first-order chi connectivity index (χ1) is 8.56. The van der Waals surface area contributed by atoms with Gasteiger partial charge < -0.3 is 0 Å². The van der Waals surface area contributed by atoms with E-state index in [9.17, 15) is 5.26 Å². The van der Waals surface area contributed by atoms with Gasteiger partial charge in [0.2, 0.25) is 0 Å². The zero-order valence-electron chi connectivity index (χ0n) is 11.3. The molecule has 5 heteroatoms. The molecule has 0 aliphatic rings. The summed E-state index contributed by atoms with van der Waals surface area (Å²) in [5.74, 6) is 1.08. The van der Waals surface area contributed by atoms with Gasteiger partial charge in [-0.1, -0.05) is 11.8 Å². The summed E-state index contributed by atoms with van der Waals surface area (Å²) in [7, 11) is 0. The highest BCUT2D eigenvalue weighted by molar-refractivity contribution is 8.00. The summed E-state index contributed by atoms with van der Waals surface area (Å²) in [6, 6.07) is 2.73. The van der Waals surface area contributed by atoms with Crippen LogP contribution in [-0.4, -0.2) is 22.3 Å². The van der Waals surface area contributed by atoms with E-state index in [1.54, 1.807) is 23.1 Å². The monoisotopic (exact) mass is 283 g/mol. The third-order valence-corrected chi connectivity index (χ3v) is 4.61. The van der Waals surface area contributed by atoms with Gasteiger partial charge in [0.25, 0.3) is 0 Å². The van der Waals surface area contributed by atoms with E-state index in [0.29, 0.717) is 6.04 Å².